The van der Waals surface area contributed by atoms with Gasteiger partial charge in [-0.25, -0.2) is 0 Å². The van der Waals surface area contributed by atoms with Crippen molar-refractivity contribution in [2.75, 3.05) is 6.54 Å². The second-order valence-electron chi connectivity index (χ2n) is 4.27. The summed E-state index contributed by atoms with van der Waals surface area (Å²) in [5.41, 5.74) is 7.43. The number of hydrogen-bond acceptors (Lipinski definition) is 3. The van der Waals surface area contributed by atoms with E-state index in [0.29, 0.717) is 6.54 Å². The maximum absolute atomic E-state index is 10.4. The Kier molecular flexibility index (Phi) is 3.71. The average molecular weight is 230 g/mol. The number of para-hydroxylation sites is 1. The number of nitrogens with zero attached hydrogens (tertiary/aromatic N) is 1. The molecule has 0 saturated carbocycles. The van der Waals surface area contributed by atoms with E-state index >= 15 is 0 Å². The second kappa shape index (κ2) is 5.25. The van der Waals surface area contributed by atoms with E-state index in [1.54, 1.807) is 6.20 Å². The molecule has 0 aliphatic rings. The SMILES string of the molecule is CCC(CN)C(O)c1cccc2cccnc12. The molecule has 90 valence electrons. The van der Waals surface area contributed by atoms with Crippen LogP contribution < -0.4 is 5.73 Å². The normalized spacial score (nSPS) is 14.8. The van der Waals surface area contributed by atoms with Crippen LogP contribution in [0.5, 0.6) is 0 Å². The summed E-state index contributed by atoms with van der Waals surface area (Å²) in [7, 11) is 0. The summed E-state index contributed by atoms with van der Waals surface area (Å²) in [5.74, 6) is 0.0857. The molecule has 0 bridgehead atoms. The van der Waals surface area contributed by atoms with Crippen LogP contribution in [0.1, 0.15) is 25.0 Å². The lowest BCUT2D eigenvalue weighted by atomic mass is 9.92. The van der Waals surface area contributed by atoms with Gasteiger partial charge in [0.05, 0.1) is 11.6 Å². The predicted octanol–water partition coefficient (Wildman–Crippen LogP) is 2.25. The fraction of sp³-hybridized carbons (Fsp3) is 0.357. The highest BCUT2D eigenvalue weighted by molar-refractivity contribution is 5.81. The molecule has 0 amide bonds. The highest BCUT2D eigenvalue weighted by Gasteiger charge is 2.20. The quantitative estimate of drug-likeness (QED) is 0.847. The topological polar surface area (TPSA) is 59.1 Å². The molecular weight excluding hydrogens is 212 g/mol. The molecule has 2 atom stereocenters. The van der Waals surface area contributed by atoms with Crippen molar-refractivity contribution in [3.63, 3.8) is 0 Å². The largest absolute Gasteiger partial charge is 0.388 e. The van der Waals surface area contributed by atoms with Crippen LogP contribution in [-0.2, 0) is 0 Å². The van der Waals surface area contributed by atoms with Crippen LogP contribution in [-0.4, -0.2) is 16.6 Å². The Balaban J connectivity index is 2.47. The average Bonchev–Trinajstić information content (AvgIpc) is 2.39. The summed E-state index contributed by atoms with van der Waals surface area (Å²) < 4.78 is 0. The molecule has 2 unspecified atom stereocenters. The van der Waals surface area contributed by atoms with Crippen molar-refractivity contribution in [2.24, 2.45) is 11.7 Å². The molecule has 2 rings (SSSR count). The van der Waals surface area contributed by atoms with E-state index in [1.165, 1.54) is 0 Å². The summed E-state index contributed by atoms with van der Waals surface area (Å²) in [6.45, 7) is 2.53. The molecule has 3 heteroatoms. The van der Waals surface area contributed by atoms with Crippen LogP contribution in [0.15, 0.2) is 36.5 Å². The number of pyridine rings is 1. The summed E-state index contributed by atoms with van der Waals surface area (Å²) in [4.78, 5) is 4.35. The van der Waals surface area contributed by atoms with Gasteiger partial charge in [0.1, 0.15) is 0 Å². The number of fused-ring (bicyclic) bond motifs is 1. The van der Waals surface area contributed by atoms with Gasteiger partial charge in [-0.05, 0) is 19.0 Å². The van der Waals surface area contributed by atoms with Gasteiger partial charge in [-0.2, -0.15) is 0 Å². The van der Waals surface area contributed by atoms with E-state index < -0.39 is 6.10 Å². The Hall–Kier alpha value is -1.45. The van der Waals surface area contributed by atoms with E-state index in [0.717, 1.165) is 22.9 Å². The number of hydrogen-bond donors (Lipinski definition) is 2. The summed E-state index contributed by atoms with van der Waals surface area (Å²) in [6.07, 6.45) is 2.08. The maximum atomic E-state index is 10.4. The molecule has 1 heterocycles. The van der Waals surface area contributed by atoms with Gasteiger partial charge in [-0.3, -0.25) is 4.98 Å². The fourth-order valence-electron chi connectivity index (χ4n) is 2.14. The maximum Gasteiger partial charge on any atom is 0.0851 e. The number of aliphatic hydroxyl groups is 1. The molecule has 17 heavy (non-hydrogen) atoms. The zero-order valence-electron chi connectivity index (χ0n) is 10.0. The van der Waals surface area contributed by atoms with Gasteiger partial charge in [0.2, 0.25) is 0 Å². The molecular formula is C14H18N2O. The molecule has 3 N–H and O–H groups in total. The minimum Gasteiger partial charge on any atom is -0.388 e. The van der Waals surface area contributed by atoms with Crippen LogP contribution in [0.25, 0.3) is 10.9 Å². The lowest BCUT2D eigenvalue weighted by molar-refractivity contribution is 0.111. The van der Waals surface area contributed by atoms with Crippen molar-refractivity contribution >= 4 is 10.9 Å². The molecule has 0 spiro atoms. The van der Waals surface area contributed by atoms with E-state index in [4.69, 9.17) is 5.73 Å². The highest BCUT2D eigenvalue weighted by atomic mass is 16.3. The number of aromatic nitrogens is 1. The zero-order chi connectivity index (χ0) is 12.3. The third kappa shape index (κ3) is 2.30. The standard InChI is InChI=1S/C14H18N2O/c1-2-10(9-15)14(17)12-7-3-5-11-6-4-8-16-13(11)12/h3-8,10,14,17H,2,9,15H2,1H3. The van der Waals surface area contributed by atoms with Gasteiger partial charge in [0.15, 0.2) is 0 Å². The Morgan fingerprint density at radius 2 is 2.06 bits per heavy atom. The molecule has 0 aliphatic heterocycles. The van der Waals surface area contributed by atoms with Crippen LogP contribution in [0.4, 0.5) is 0 Å². The first-order valence-electron chi connectivity index (χ1n) is 5.99. The smallest absolute Gasteiger partial charge is 0.0851 e. The van der Waals surface area contributed by atoms with Gasteiger partial charge >= 0.3 is 0 Å². The third-order valence-corrected chi connectivity index (χ3v) is 3.26. The van der Waals surface area contributed by atoms with Gasteiger partial charge in [0.25, 0.3) is 0 Å². The Labute approximate surface area is 101 Å². The monoisotopic (exact) mass is 230 g/mol. The highest BCUT2D eigenvalue weighted by Crippen LogP contribution is 2.28. The first-order valence-corrected chi connectivity index (χ1v) is 5.99. The molecule has 0 radical (unpaired) electrons. The predicted molar refractivity (Wildman–Crippen MR) is 69.5 cm³/mol. The van der Waals surface area contributed by atoms with Crippen molar-refractivity contribution < 1.29 is 5.11 Å². The van der Waals surface area contributed by atoms with Crippen molar-refractivity contribution in [3.8, 4) is 0 Å². The molecule has 0 aliphatic carbocycles. The van der Waals surface area contributed by atoms with Gasteiger partial charge in [-0.15, -0.1) is 0 Å². The van der Waals surface area contributed by atoms with E-state index in [9.17, 15) is 5.11 Å². The molecule has 0 saturated heterocycles. The van der Waals surface area contributed by atoms with Crippen LogP contribution in [0.2, 0.25) is 0 Å². The molecule has 0 fully saturated rings. The molecule has 1 aromatic heterocycles. The van der Waals surface area contributed by atoms with Crippen LogP contribution in [0, 0.1) is 5.92 Å². The van der Waals surface area contributed by atoms with E-state index in [1.807, 2.05) is 37.3 Å². The minimum absolute atomic E-state index is 0.0857. The van der Waals surface area contributed by atoms with Crippen LogP contribution >= 0.6 is 0 Å². The summed E-state index contributed by atoms with van der Waals surface area (Å²) >= 11 is 0. The lowest BCUT2D eigenvalue weighted by Crippen LogP contribution is -2.21. The first kappa shape index (κ1) is 12.0. The van der Waals surface area contributed by atoms with Gasteiger partial charge < -0.3 is 10.8 Å². The first-order chi connectivity index (χ1) is 8.27. The van der Waals surface area contributed by atoms with Crippen molar-refractivity contribution in [3.05, 3.63) is 42.1 Å². The van der Waals surface area contributed by atoms with Crippen LogP contribution in [0.3, 0.4) is 0 Å². The lowest BCUT2D eigenvalue weighted by Gasteiger charge is -2.21. The van der Waals surface area contributed by atoms with E-state index in [-0.39, 0.29) is 5.92 Å². The fourth-order valence-corrected chi connectivity index (χ4v) is 2.14. The Morgan fingerprint density at radius 1 is 1.29 bits per heavy atom. The van der Waals surface area contributed by atoms with Gasteiger partial charge in [-0.1, -0.05) is 31.2 Å². The van der Waals surface area contributed by atoms with Crippen molar-refractivity contribution in [1.29, 1.82) is 0 Å². The second-order valence-corrected chi connectivity index (χ2v) is 4.27. The number of benzene rings is 1. The van der Waals surface area contributed by atoms with Crippen molar-refractivity contribution in [1.82, 2.24) is 4.98 Å². The summed E-state index contributed by atoms with van der Waals surface area (Å²) in [6, 6.07) is 9.78. The molecule has 1 aromatic carbocycles. The van der Waals surface area contributed by atoms with Gasteiger partial charge in [0, 0.05) is 23.1 Å². The third-order valence-electron chi connectivity index (χ3n) is 3.26. The Morgan fingerprint density at radius 3 is 2.76 bits per heavy atom. The van der Waals surface area contributed by atoms with E-state index in [2.05, 4.69) is 4.98 Å². The number of nitrogens with two attached hydrogens (primary N) is 1. The van der Waals surface area contributed by atoms with Crippen molar-refractivity contribution in [2.45, 2.75) is 19.4 Å². The number of aliphatic hydroxyl groups excluding tert-OH is 1. The minimum atomic E-state index is -0.538. The molecule has 3 nitrogen and oxygen atoms in total. The molecule has 2 aromatic rings. The Bertz CT molecular complexity index is 489. The summed E-state index contributed by atoms with van der Waals surface area (Å²) in [5, 5.41) is 11.4. The number of rotatable bonds is 4. The zero-order valence-corrected chi connectivity index (χ0v) is 10.0.